The Bertz CT molecular complexity index is 568. The SMILES string of the molecule is COCc1cccc(CNC(=O)c2sccc2Br)c1. The van der Waals surface area contributed by atoms with E-state index in [1.807, 2.05) is 35.7 Å². The number of ether oxygens (including phenoxy) is 1. The average molecular weight is 340 g/mol. The smallest absolute Gasteiger partial charge is 0.262 e. The summed E-state index contributed by atoms with van der Waals surface area (Å²) in [7, 11) is 1.67. The number of carbonyl (C=O) groups excluding carboxylic acids is 1. The molecule has 0 aliphatic heterocycles. The van der Waals surface area contributed by atoms with Gasteiger partial charge < -0.3 is 10.1 Å². The summed E-state index contributed by atoms with van der Waals surface area (Å²) in [5, 5.41) is 4.80. The van der Waals surface area contributed by atoms with Gasteiger partial charge in [-0.1, -0.05) is 24.3 Å². The molecule has 0 aliphatic carbocycles. The summed E-state index contributed by atoms with van der Waals surface area (Å²) in [6, 6.07) is 9.87. The van der Waals surface area contributed by atoms with Gasteiger partial charge in [-0.15, -0.1) is 11.3 Å². The number of carbonyl (C=O) groups is 1. The number of amides is 1. The van der Waals surface area contributed by atoms with Crippen molar-refractivity contribution in [2.45, 2.75) is 13.2 Å². The fourth-order valence-electron chi connectivity index (χ4n) is 1.71. The molecule has 1 aromatic carbocycles. The summed E-state index contributed by atoms with van der Waals surface area (Å²) in [5.74, 6) is -0.0565. The minimum atomic E-state index is -0.0565. The van der Waals surface area contributed by atoms with Crippen LogP contribution in [-0.2, 0) is 17.9 Å². The van der Waals surface area contributed by atoms with Crippen molar-refractivity contribution in [1.82, 2.24) is 5.32 Å². The fraction of sp³-hybridized carbons (Fsp3) is 0.214. The van der Waals surface area contributed by atoms with Gasteiger partial charge in [0.15, 0.2) is 0 Å². The zero-order valence-corrected chi connectivity index (χ0v) is 12.9. The van der Waals surface area contributed by atoms with Crippen LogP contribution in [0.25, 0.3) is 0 Å². The van der Waals surface area contributed by atoms with E-state index in [1.165, 1.54) is 11.3 Å². The molecule has 1 N–H and O–H groups in total. The van der Waals surface area contributed by atoms with E-state index in [2.05, 4.69) is 21.2 Å². The number of benzene rings is 1. The van der Waals surface area contributed by atoms with Gasteiger partial charge in [0.1, 0.15) is 4.88 Å². The highest BCUT2D eigenvalue weighted by molar-refractivity contribution is 9.10. The van der Waals surface area contributed by atoms with E-state index in [-0.39, 0.29) is 5.91 Å². The third-order valence-corrected chi connectivity index (χ3v) is 4.42. The lowest BCUT2D eigenvalue weighted by molar-refractivity contribution is 0.0954. The summed E-state index contributed by atoms with van der Waals surface area (Å²) in [6.45, 7) is 1.10. The van der Waals surface area contributed by atoms with E-state index in [4.69, 9.17) is 4.74 Å². The van der Waals surface area contributed by atoms with E-state index in [0.29, 0.717) is 18.0 Å². The normalized spacial score (nSPS) is 10.4. The number of hydrogen-bond acceptors (Lipinski definition) is 3. The highest BCUT2D eigenvalue weighted by atomic mass is 79.9. The van der Waals surface area contributed by atoms with Crippen molar-refractivity contribution < 1.29 is 9.53 Å². The molecule has 5 heteroatoms. The van der Waals surface area contributed by atoms with E-state index in [0.717, 1.165) is 15.6 Å². The van der Waals surface area contributed by atoms with Crippen LogP contribution in [0.1, 0.15) is 20.8 Å². The molecular formula is C14H14BrNO2S. The van der Waals surface area contributed by atoms with Crippen LogP contribution >= 0.6 is 27.3 Å². The van der Waals surface area contributed by atoms with Gasteiger partial charge in [0.05, 0.1) is 6.61 Å². The van der Waals surface area contributed by atoms with Crippen molar-refractivity contribution >= 4 is 33.2 Å². The molecule has 0 saturated heterocycles. The first kappa shape index (κ1) is 14.2. The van der Waals surface area contributed by atoms with E-state index in [9.17, 15) is 4.79 Å². The van der Waals surface area contributed by atoms with Gasteiger partial charge in [-0.2, -0.15) is 0 Å². The number of rotatable bonds is 5. The molecule has 1 amide bonds. The maximum absolute atomic E-state index is 12.0. The Balaban J connectivity index is 1.97. The Hall–Kier alpha value is -1.17. The summed E-state index contributed by atoms with van der Waals surface area (Å²) >= 11 is 4.78. The lowest BCUT2D eigenvalue weighted by Crippen LogP contribution is -2.22. The van der Waals surface area contributed by atoms with Crippen molar-refractivity contribution in [2.75, 3.05) is 7.11 Å². The van der Waals surface area contributed by atoms with Gasteiger partial charge in [0.2, 0.25) is 0 Å². The molecule has 0 atom stereocenters. The summed E-state index contributed by atoms with van der Waals surface area (Å²) in [5.41, 5.74) is 2.17. The molecule has 19 heavy (non-hydrogen) atoms. The minimum absolute atomic E-state index is 0.0565. The van der Waals surface area contributed by atoms with Crippen molar-refractivity contribution in [3.05, 3.63) is 56.2 Å². The molecule has 0 radical (unpaired) electrons. The number of nitrogens with one attached hydrogen (secondary N) is 1. The van der Waals surface area contributed by atoms with Gasteiger partial charge in [-0.25, -0.2) is 0 Å². The van der Waals surface area contributed by atoms with E-state index in [1.54, 1.807) is 7.11 Å². The largest absolute Gasteiger partial charge is 0.380 e. The molecule has 0 spiro atoms. The number of methoxy groups -OCH3 is 1. The summed E-state index contributed by atoms with van der Waals surface area (Å²) in [6.07, 6.45) is 0. The monoisotopic (exact) mass is 339 g/mol. The van der Waals surface area contributed by atoms with Crippen LogP contribution in [0, 0.1) is 0 Å². The predicted octanol–water partition coefficient (Wildman–Crippen LogP) is 3.59. The lowest BCUT2D eigenvalue weighted by Gasteiger charge is -2.06. The highest BCUT2D eigenvalue weighted by Gasteiger charge is 2.10. The Kier molecular flexibility index (Phi) is 5.13. The zero-order chi connectivity index (χ0) is 13.7. The highest BCUT2D eigenvalue weighted by Crippen LogP contribution is 2.22. The summed E-state index contributed by atoms with van der Waals surface area (Å²) in [4.78, 5) is 12.7. The first-order chi connectivity index (χ1) is 9.20. The standard InChI is InChI=1S/C14H14BrNO2S/c1-18-9-11-4-2-3-10(7-11)8-16-14(17)13-12(15)5-6-19-13/h2-7H,8-9H2,1H3,(H,16,17). The number of halogens is 1. The molecule has 1 heterocycles. The summed E-state index contributed by atoms with van der Waals surface area (Å²) < 4.78 is 5.93. The minimum Gasteiger partial charge on any atom is -0.380 e. The van der Waals surface area contributed by atoms with Crippen LogP contribution in [0.15, 0.2) is 40.2 Å². The van der Waals surface area contributed by atoms with Crippen LogP contribution in [0.4, 0.5) is 0 Å². The van der Waals surface area contributed by atoms with Crippen molar-refractivity contribution in [3.63, 3.8) is 0 Å². The molecule has 0 fully saturated rings. The Labute approximate surface area is 124 Å². The second-order valence-corrected chi connectivity index (χ2v) is 5.80. The van der Waals surface area contributed by atoms with Crippen LogP contribution in [0.2, 0.25) is 0 Å². The zero-order valence-electron chi connectivity index (χ0n) is 10.5. The maximum atomic E-state index is 12.0. The van der Waals surface area contributed by atoms with Gasteiger partial charge in [-0.3, -0.25) is 4.79 Å². The van der Waals surface area contributed by atoms with E-state index < -0.39 is 0 Å². The number of hydrogen-bond donors (Lipinski definition) is 1. The lowest BCUT2D eigenvalue weighted by atomic mass is 10.1. The van der Waals surface area contributed by atoms with Crippen LogP contribution in [0.5, 0.6) is 0 Å². The second kappa shape index (κ2) is 6.84. The Morgan fingerprint density at radius 2 is 2.16 bits per heavy atom. The van der Waals surface area contributed by atoms with Crippen molar-refractivity contribution in [2.24, 2.45) is 0 Å². The Morgan fingerprint density at radius 3 is 2.84 bits per heavy atom. The first-order valence-corrected chi connectivity index (χ1v) is 7.46. The topological polar surface area (TPSA) is 38.3 Å². The molecule has 0 unspecified atom stereocenters. The molecule has 0 saturated carbocycles. The predicted molar refractivity (Wildman–Crippen MR) is 80.3 cm³/mol. The van der Waals surface area contributed by atoms with Gasteiger partial charge in [0.25, 0.3) is 5.91 Å². The Morgan fingerprint density at radius 1 is 1.37 bits per heavy atom. The molecule has 0 bridgehead atoms. The first-order valence-electron chi connectivity index (χ1n) is 5.78. The van der Waals surface area contributed by atoms with Gasteiger partial charge >= 0.3 is 0 Å². The maximum Gasteiger partial charge on any atom is 0.262 e. The van der Waals surface area contributed by atoms with Gasteiger partial charge in [0, 0.05) is 18.1 Å². The number of thiophene rings is 1. The molecule has 100 valence electrons. The second-order valence-electron chi connectivity index (χ2n) is 4.03. The molecule has 2 rings (SSSR count). The molecular weight excluding hydrogens is 326 g/mol. The van der Waals surface area contributed by atoms with Crippen LogP contribution < -0.4 is 5.32 Å². The third kappa shape index (κ3) is 3.89. The molecule has 2 aromatic rings. The third-order valence-electron chi connectivity index (χ3n) is 2.58. The molecule has 0 aliphatic rings. The van der Waals surface area contributed by atoms with Crippen LogP contribution in [-0.4, -0.2) is 13.0 Å². The van der Waals surface area contributed by atoms with E-state index >= 15 is 0 Å². The fourth-order valence-corrected chi connectivity index (χ4v) is 3.18. The average Bonchev–Trinajstić information content (AvgIpc) is 2.83. The van der Waals surface area contributed by atoms with Crippen molar-refractivity contribution in [1.29, 1.82) is 0 Å². The van der Waals surface area contributed by atoms with Crippen molar-refractivity contribution in [3.8, 4) is 0 Å². The van der Waals surface area contributed by atoms with Crippen LogP contribution in [0.3, 0.4) is 0 Å². The quantitative estimate of drug-likeness (QED) is 0.903. The van der Waals surface area contributed by atoms with Gasteiger partial charge in [-0.05, 0) is 38.5 Å². The molecule has 3 nitrogen and oxygen atoms in total. The molecule has 1 aromatic heterocycles.